The number of hydrogen-bond acceptors (Lipinski definition) is 2. The van der Waals surface area contributed by atoms with E-state index in [1.54, 1.807) is 31.2 Å². The van der Waals surface area contributed by atoms with E-state index in [0.29, 0.717) is 5.69 Å². The molecule has 1 N–H and O–H groups in total. The maximum absolute atomic E-state index is 11.0. The van der Waals surface area contributed by atoms with Crippen LogP contribution in [0.15, 0.2) is 24.3 Å². The Hall–Kier alpha value is -1.03. The number of benzene rings is 1. The summed E-state index contributed by atoms with van der Waals surface area (Å²) in [4.78, 5) is 0. The van der Waals surface area contributed by atoms with Gasteiger partial charge in [-0.25, -0.2) is 8.42 Å². The van der Waals surface area contributed by atoms with Gasteiger partial charge in [0.05, 0.1) is 11.4 Å². The fraction of sp³-hybridized carbons (Fsp3) is 0.250. The maximum atomic E-state index is 11.0. The molecule has 0 saturated carbocycles. The molecule has 65 valence electrons. The van der Waals surface area contributed by atoms with Gasteiger partial charge in [0.25, 0.3) is 0 Å². The highest BCUT2D eigenvalue weighted by atomic mass is 32.2. The van der Waals surface area contributed by atoms with E-state index in [9.17, 15) is 8.42 Å². The summed E-state index contributed by atoms with van der Waals surface area (Å²) >= 11 is 0. The zero-order valence-corrected chi connectivity index (χ0v) is 7.56. The highest BCUT2D eigenvalue weighted by Gasteiger charge is 2.04. The summed E-state index contributed by atoms with van der Waals surface area (Å²) in [5.41, 5.74) is 0.486. The highest BCUT2D eigenvalue weighted by Crippen LogP contribution is 2.06. The summed E-state index contributed by atoms with van der Waals surface area (Å²) in [5.74, 6) is 0.0791. The van der Waals surface area contributed by atoms with E-state index in [2.05, 4.69) is 10.8 Å². The van der Waals surface area contributed by atoms with Crippen molar-refractivity contribution in [3.05, 3.63) is 30.3 Å². The molecular weight excluding hydrogens is 174 g/mol. The van der Waals surface area contributed by atoms with Gasteiger partial charge in [0.1, 0.15) is 0 Å². The quantitative estimate of drug-likeness (QED) is 0.768. The number of hydrogen-bond donors (Lipinski definition) is 1. The van der Waals surface area contributed by atoms with E-state index in [0.717, 1.165) is 0 Å². The number of anilines is 1. The van der Waals surface area contributed by atoms with E-state index in [4.69, 9.17) is 0 Å². The lowest BCUT2D eigenvalue weighted by Crippen LogP contribution is -2.14. The molecule has 0 fully saturated rings. The van der Waals surface area contributed by atoms with Crippen LogP contribution in [0.25, 0.3) is 0 Å². The third-order valence-electron chi connectivity index (χ3n) is 1.35. The summed E-state index contributed by atoms with van der Waals surface area (Å²) in [6, 6.07) is 9.62. The molecule has 0 atom stereocenters. The molecule has 1 radical (unpaired) electrons. The van der Waals surface area contributed by atoms with Crippen molar-refractivity contribution in [1.82, 2.24) is 0 Å². The fourth-order valence-electron chi connectivity index (χ4n) is 0.697. The van der Waals surface area contributed by atoms with E-state index in [1.165, 1.54) is 0 Å². The van der Waals surface area contributed by atoms with Crippen LogP contribution >= 0.6 is 0 Å². The SMILES string of the molecule is CCS(=O)(=O)Nc1[c]cccc1. The van der Waals surface area contributed by atoms with Crippen LogP contribution in [0.3, 0.4) is 0 Å². The lowest BCUT2D eigenvalue weighted by atomic mass is 10.3. The van der Waals surface area contributed by atoms with Crippen molar-refractivity contribution in [1.29, 1.82) is 0 Å². The first-order valence-electron chi connectivity index (χ1n) is 3.61. The second-order valence-electron chi connectivity index (χ2n) is 2.28. The van der Waals surface area contributed by atoms with Crippen molar-refractivity contribution in [2.45, 2.75) is 6.92 Å². The average molecular weight is 184 g/mol. The Balaban J connectivity index is 2.78. The van der Waals surface area contributed by atoms with Gasteiger partial charge in [-0.2, -0.15) is 0 Å². The van der Waals surface area contributed by atoms with Gasteiger partial charge in [-0.15, -0.1) is 0 Å². The molecule has 0 heterocycles. The Labute approximate surface area is 72.5 Å². The topological polar surface area (TPSA) is 46.2 Å². The average Bonchev–Trinajstić information content (AvgIpc) is 2.06. The molecule has 0 spiro atoms. The summed E-state index contributed by atoms with van der Waals surface area (Å²) in [6.07, 6.45) is 0. The Morgan fingerprint density at radius 1 is 1.50 bits per heavy atom. The largest absolute Gasteiger partial charge is 0.283 e. The summed E-state index contributed by atoms with van der Waals surface area (Å²) in [6.45, 7) is 1.59. The zero-order valence-electron chi connectivity index (χ0n) is 6.74. The molecule has 0 aliphatic rings. The predicted octanol–water partition coefficient (Wildman–Crippen LogP) is 1.25. The Morgan fingerprint density at radius 2 is 2.25 bits per heavy atom. The van der Waals surface area contributed by atoms with Crippen LogP contribution in [-0.2, 0) is 10.0 Å². The monoisotopic (exact) mass is 184 g/mol. The van der Waals surface area contributed by atoms with E-state index in [1.807, 2.05) is 0 Å². The van der Waals surface area contributed by atoms with Crippen molar-refractivity contribution in [3.8, 4) is 0 Å². The first-order valence-corrected chi connectivity index (χ1v) is 5.26. The van der Waals surface area contributed by atoms with Crippen LogP contribution < -0.4 is 4.72 Å². The highest BCUT2D eigenvalue weighted by molar-refractivity contribution is 7.92. The van der Waals surface area contributed by atoms with Crippen molar-refractivity contribution >= 4 is 15.7 Å². The zero-order chi connectivity index (χ0) is 9.03. The van der Waals surface area contributed by atoms with Crippen molar-refractivity contribution in [2.24, 2.45) is 0 Å². The maximum Gasteiger partial charge on any atom is 0.232 e. The van der Waals surface area contributed by atoms with Gasteiger partial charge in [-0.3, -0.25) is 4.72 Å². The minimum Gasteiger partial charge on any atom is -0.283 e. The predicted molar refractivity (Wildman–Crippen MR) is 48.4 cm³/mol. The van der Waals surface area contributed by atoms with Gasteiger partial charge in [0.2, 0.25) is 10.0 Å². The molecule has 0 unspecified atom stereocenters. The van der Waals surface area contributed by atoms with Crippen LogP contribution in [0.5, 0.6) is 0 Å². The van der Waals surface area contributed by atoms with Crippen LogP contribution in [-0.4, -0.2) is 14.2 Å². The minimum atomic E-state index is -3.15. The van der Waals surface area contributed by atoms with Gasteiger partial charge < -0.3 is 0 Å². The summed E-state index contributed by atoms with van der Waals surface area (Å²) in [5, 5.41) is 0. The van der Waals surface area contributed by atoms with E-state index >= 15 is 0 Å². The molecule has 1 rings (SSSR count). The first kappa shape index (κ1) is 9.06. The fourth-order valence-corrected chi connectivity index (χ4v) is 1.30. The van der Waals surface area contributed by atoms with Crippen molar-refractivity contribution in [2.75, 3.05) is 10.5 Å². The van der Waals surface area contributed by atoms with Crippen LogP contribution in [0.1, 0.15) is 6.92 Å². The van der Waals surface area contributed by atoms with Crippen molar-refractivity contribution < 1.29 is 8.42 Å². The smallest absolute Gasteiger partial charge is 0.232 e. The number of rotatable bonds is 3. The molecule has 1 aromatic carbocycles. The Kier molecular flexibility index (Phi) is 2.70. The standard InChI is InChI=1S/C8H10NO2S/c1-2-12(10,11)9-8-6-4-3-5-7-8/h3-6,9H,2H2,1H3. The van der Waals surface area contributed by atoms with E-state index < -0.39 is 10.0 Å². The van der Waals surface area contributed by atoms with Crippen LogP contribution in [0.2, 0.25) is 0 Å². The lowest BCUT2D eigenvalue weighted by molar-refractivity contribution is 0.602. The third-order valence-corrected chi connectivity index (χ3v) is 2.65. The minimum absolute atomic E-state index is 0.0791. The van der Waals surface area contributed by atoms with Gasteiger partial charge in [-0.05, 0) is 13.0 Å². The van der Waals surface area contributed by atoms with Crippen LogP contribution in [0, 0.1) is 6.07 Å². The van der Waals surface area contributed by atoms with Gasteiger partial charge in [0.15, 0.2) is 0 Å². The molecule has 0 bridgehead atoms. The number of nitrogens with one attached hydrogen (secondary N) is 1. The molecule has 12 heavy (non-hydrogen) atoms. The third kappa shape index (κ3) is 2.54. The molecular formula is C8H10NO2S. The Morgan fingerprint density at radius 3 is 2.75 bits per heavy atom. The molecule has 0 aromatic heterocycles. The van der Waals surface area contributed by atoms with Gasteiger partial charge in [0, 0.05) is 6.07 Å². The van der Waals surface area contributed by atoms with Gasteiger partial charge >= 0.3 is 0 Å². The molecule has 0 amide bonds. The molecule has 0 aliphatic heterocycles. The normalized spacial score (nSPS) is 11.1. The van der Waals surface area contributed by atoms with E-state index in [-0.39, 0.29) is 5.75 Å². The summed E-state index contributed by atoms with van der Waals surface area (Å²) in [7, 11) is -3.15. The number of para-hydroxylation sites is 1. The molecule has 0 saturated heterocycles. The molecule has 1 aromatic rings. The molecule has 3 nitrogen and oxygen atoms in total. The van der Waals surface area contributed by atoms with Crippen molar-refractivity contribution in [3.63, 3.8) is 0 Å². The summed E-state index contributed by atoms with van der Waals surface area (Å²) < 4.78 is 24.5. The lowest BCUT2D eigenvalue weighted by Gasteiger charge is -2.03. The molecule has 0 aliphatic carbocycles. The Bertz CT molecular complexity index is 331. The molecule has 4 heteroatoms. The number of sulfonamides is 1. The van der Waals surface area contributed by atoms with Gasteiger partial charge in [-0.1, -0.05) is 18.2 Å². The second kappa shape index (κ2) is 3.58. The van der Waals surface area contributed by atoms with Crippen LogP contribution in [0.4, 0.5) is 5.69 Å². The second-order valence-corrected chi connectivity index (χ2v) is 4.29. The first-order chi connectivity index (χ1) is 5.64.